The van der Waals surface area contributed by atoms with E-state index in [2.05, 4.69) is 17.6 Å². The molecule has 0 aliphatic rings. The van der Waals surface area contributed by atoms with Gasteiger partial charge in [0.1, 0.15) is 12.4 Å². The molecule has 3 aromatic carbocycles. The van der Waals surface area contributed by atoms with Crippen molar-refractivity contribution in [2.45, 2.75) is 20.3 Å². The fourth-order valence-corrected chi connectivity index (χ4v) is 3.83. The number of urea groups is 1. The van der Waals surface area contributed by atoms with Crippen molar-refractivity contribution in [3.05, 3.63) is 95.5 Å². The van der Waals surface area contributed by atoms with Crippen molar-refractivity contribution in [1.29, 1.82) is 0 Å². The van der Waals surface area contributed by atoms with E-state index in [0.29, 0.717) is 28.8 Å². The molecule has 0 radical (unpaired) electrons. The zero-order valence-corrected chi connectivity index (χ0v) is 21.0. The largest absolute Gasteiger partial charge is 0.322 e. The van der Waals surface area contributed by atoms with Crippen LogP contribution >= 0.6 is 11.6 Å². The maximum absolute atomic E-state index is 13.0. The van der Waals surface area contributed by atoms with Crippen LogP contribution in [0.15, 0.2) is 84.9 Å². The number of hydrogen-bond acceptors (Lipinski definition) is 3. The first-order chi connectivity index (χ1) is 17.5. The Balaban J connectivity index is 1.51. The zero-order valence-electron chi connectivity index (χ0n) is 20.2. The number of nitrogens with zero attached hydrogens (tertiary/aromatic N) is 3. The van der Waals surface area contributed by atoms with Crippen LogP contribution < -0.4 is 10.6 Å². The summed E-state index contributed by atoms with van der Waals surface area (Å²) in [6, 6.07) is 26.0. The van der Waals surface area contributed by atoms with Crippen LogP contribution in [0.2, 0.25) is 5.02 Å². The van der Waals surface area contributed by atoms with Gasteiger partial charge in [-0.2, -0.15) is 5.10 Å². The summed E-state index contributed by atoms with van der Waals surface area (Å²) in [7, 11) is 0. The first-order valence-electron chi connectivity index (χ1n) is 11.8. The van der Waals surface area contributed by atoms with Crippen LogP contribution in [0, 0.1) is 0 Å². The fourth-order valence-electron chi connectivity index (χ4n) is 3.71. The third-order valence-corrected chi connectivity index (χ3v) is 5.99. The molecule has 1 aromatic heterocycles. The number of amides is 3. The number of aromatic nitrogens is 2. The van der Waals surface area contributed by atoms with Gasteiger partial charge in [-0.25, -0.2) is 9.48 Å². The average Bonchev–Trinajstić information content (AvgIpc) is 3.32. The maximum Gasteiger partial charge on any atom is 0.322 e. The predicted octanol–water partition coefficient (Wildman–Crippen LogP) is 6.25. The lowest BCUT2D eigenvalue weighted by Gasteiger charge is -2.21. The monoisotopic (exact) mass is 501 g/mol. The molecule has 0 fully saturated rings. The molecule has 0 saturated carbocycles. The van der Waals surface area contributed by atoms with Gasteiger partial charge in [0.05, 0.1) is 11.4 Å². The normalized spacial score (nSPS) is 10.6. The summed E-state index contributed by atoms with van der Waals surface area (Å²) in [5, 5.41) is 11.1. The lowest BCUT2D eigenvalue weighted by Crippen LogP contribution is -2.40. The number of carbonyl (C=O) groups excluding carboxylic acids is 2. The van der Waals surface area contributed by atoms with Crippen LogP contribution in [0.5, 0.6) is 0 Å². The number of halogens is 1. The number of likely N-dealkylation sites (N-methyl/N-ethyl adjacent to an activating group) is 1. The number of hydrogen-bond donors (Lipinski definition) is 2. The van der Waals surface area contributed by atoms with E-state index in [9.17, 15) is 9.59 Å². The van der Waals surface area contributed by atoms with Crippen LogP contribution in [-0.2, 0) is 11.2 Å². The van der Waals surface area contributed by atoms with Crippen molar-refractivity contribution in [1.82, 2.24) is 14.7 Å². The molecular formula is C28H28ClN5O2. The summed E-state index contributed by atoms with van der Waals surface area (Å²) in [4.78, 5) is 27.3. The lowest BCUT2D eigenvalue weighted by atomic mass is 10.1. The third-order valence-electron chi connectivity index (χ3n) is 5.73. The zero-order chi connectivity index (χ0) is 25.5. The minimum Gasteiger partial charge on any atom is -0.315 e. The minimum absolute atomic E-state index is 0.109. The number of nitrogens with one attached hydrogen (secondary N) is 2. The van der Waals surface area contributed by atoms with Gasteiger partial charge in [0, 0.05) is 28.9 Å². The van der Waals surface area contributed by atoms with E-state index in [4.69, 9.17) is 16.7 Å². The second kappa shape index (κ2) is 11.6. The molecule has 3 amide bonds. The van der Waals surface area contributed by atoms with Gasteiger partial charge >= 0.3 is 6.03 Å². The van der Waals surface area contributed by atoms with E-state index in [0.717, 1.165) is 17.7 Å². The van der Waals surface area contributed by atoms with Crippen molar-refractivity contribution in [3.8, 4) is 16.9 Å². The first kappa shape index (κ1) is 25.0. The number of rotatable bonds is 8. The summed E-state index contributed by atoms with van der Waals surface area (Å²) in [5.74, 6) is 0.163. The van der Waals surface area contributed by atoms with Gasteiger partial charge in [-0.15, -0.1) is 0 Å². The fraction of sp³-hybridized carbons (Fsp3) is 0.179. The minimum atomic E-state index is -0.340. The Morgan fingerprint density at radius 3 is 2.25 bits per heavy atom. The maximum atomic E-state index is 13.0. The Morgan fingerprint density at radius 2 is 1.61 bits per heavy atom. The topological polar surface area (TPSA) is 79.3 Å². The Morgan fingerprint density at radius 1 is 0.917 bits per heavy atom. The van der Waals surface area contributed by atoms with Crippen molar-refractivity contribution in [2.24, 2.45) is 0 Å². The summed E-state index contributed by atoms with van der Waals surface area (Å²) in [5.41, 5.74) is 4.25. The number of carbonyl (C=O) groups is 2. The highest BCUT2D eigenvalue weighted by Crippen LogP contribution is 2.25. The lowest BCUT2D eigenvalue weighted by molar-refractivity contribution is -0.116. The van der Waals surface area contributed by atoms with Crippen LogP contribution in [0.1, 0.15) is 19.4 Å². The summed E-state index contributed by atoms with van der Waals surface area (Å²) in [6.45, 7) is 4.17. The van der Waals surface area contributed by atoms with E-state index in [-0.39, 0.29) is 18.5 Å². The van der Waals surface area contributed by atoms with E-state index in [1.807, 2.05) is 79.7 Å². The second-order valence-electron chi connectivity index (χ2n) is 8.21. The van der Waals surface area contributed by atoms with E-state index >= 15 is 0 Å². The summed E-state index contributed by atoms with van der Waals surface area (Å²) < 4.78 is 1.65. The van der Waals surface area contributed by atoms with Gasteiger partial charge in [-0.3, -0.25) is 4.79 Å². The Labute approximate surface area is 215 Å². The molecule has 0 aliphatic carbocycles. The molecule has 36 heavy (non-hydrogen) atoms. The van der Waals surface area contributed by atoms with Crippen molar-refractivity contribution < 1.29 is 9.59 Å². The second-order valence-corrected chi connectivity index (χ2v) is 8.65. The van der Waals surface area contributed by atoms with Gasteiger partial charge in [0.2, 0.25) is 5.91 Å². The van der Waals surface area contributed by atoms with Crippen LogP contribution in [0.3, 0.4) is 0 Å². The number of benzene rings is 3. The molecule has 0 atom stereocenters. The average molecular weight is 502 g/mol. The van der Waals surface area contributed by atoms with E-state index in [1.165, 1.54) is 10.5 Å². The van der Waals surface area contributed by atoms with Crippen LogP contribution in [0.4, 0.5) is 16.3 Å². The Kier molecular flexibility index (Phi) is 8.02. The molecule has 1 heterocycles. The summed E-state index contributed by atoms with van der Waals surface area (Å²) >= 11 is 6.06. The third kappa shape index (κ3) is 6.12. The molecule has 4 rings (SSSR count). The van der Waals surface area contributed by atoms with Crippen molar-refractivity contribution in [2.75, 3.05) is 23.7 Å². The van der Waals surface area contributed by atoms with Crippen LogP contribution in [0.25, 0.3) is 16.9 Å². The molecule has 0 spiro atoms. The molecule has 0 bridgehead atoms. The highest BCUT2D eigenvalue weighted by Gasteiger charge is 2.19. The Hall–Kier alpha value is -4.10. The highest BCUT2D eigenvalue weighted by atomic mass is 35.5. The SMILES string of the molecule is CCc1ccc(NC(=O)N(CC)CC(=O)Nc2cc(-c3ccccc3)nn2-c2ccc(Cl)cc2)cc1. The number of anilines is 2. The molecule has 8 heteroatoms. The molecule has 0 unspecified atom stereocenters. The van der Waals surface area contributed by atoms with Crippen molar-refractivity contribution in [3.63, 3.8) is 0 Å². The van der Waals surface area contributed by atoms with Gasteiger partial charge < -0.3 is 15.5 Å². The van der Waals surface area contributed by atoms with E-state index in [1.54, 1.807) is 16.8 Å². The standard InChI is InChI=1S/C28H28ClN5O2/c1-3-20-10-14-23(15-11-20)30-28(36)33(4-2)19-27(35)31-26-18-25(21-8-6-5-7-9-21)32-34(26)24-16-12-22(29)13-17-24/h5-18H,3-4,19H2,1-2H3,(H,30,36)(H,31,35). The summed E-state index contributed by atoms with van der Waals surface area (Å²) in [6.07, 6.45) is 0.925. The first-order valence-corrected chi connectivity index (χ1v) is 12.2. The molecule has 4 aromatic rings. The van der Waals surface area contributed by atoms with Gasteiger partial charge in [0.15, 0.2) is 0 Å². The predicted molar refractivity (Wildman–Crippen MR) is 145 cm³/mol. The molecular weight excluding hydrogens is 474 g/mol. The molecule has 0 saturated heterocycles. The highest BCUT2D eigenvalue weighted by molar-refractivity contribution is 6.30. The molecule has 7 nitrogen and oxygen atoms in total. The van der Waals surface area contributed by atoms with Crippen molar-refractivity contribution >= 4 is 35.0 Å². The van der Waals surface area contributed by atoms with Crippen LogP contribution in [-0.4, -0.2) is 39.7 Å². The van der Waals surface area contributed by atoms with E-state index < -0.39 is 0 Å². The van der Waals surface area contributed by atoms with Gasteiger partial charge in [-0.05, 0) is 55.3 Å². The van der Waals surface area contributed by atoms with Gasteiger partial charge in [0.25, 0.3) is 0 Å². The molecule has 2 N–H and O–H groups in total. The molecule has 0 aliphatic heterocycles. The molecule has 184 valence electrons. The number of aryl methyl sites for hydroxylation is 1. The Bertz CT molecular complexity index is 1320. The smallest absolute Gasteiger partial charge is 0.315 e. The van der Waals surface area contributed by atoms with Gasteiger partial charge in [-0.1, -0.05) is 61.0 Å². The quantitative estimate of drug-likeness (QED) is 0.299.